The Hall–Kier alpha value is -1.77. The number of hydrogen-bond donors (Lipinski definition) is 0. The lowest BCUT2D eigenvalue weighted by molar-refractivity contribution is 0.421. The van der Waals surface area contributed by atoms with Crippen LogP contribution in [0.4, 0.5) is 0 Å². The lowest BCUT2D eigenvalue weighted by atomic mass is 10.1. The highest BCUT2D eigenvalue weighted by molar-refractivity contribution is 6.42. The summed E-state index contributed by atoms with van der Waals surface area (Å²) in [5.74, 6) is 0.724. The number of benzene rings is 2. The quantitative estimate of drug-likeness (QED) is 0.639. The zero-order valence-corrected chi connectivity index (χ0v) is 11.3. The fourth-order valence-electron chi connectivity index (χ4n) is 1.82. The van der Waals surface area contributed by atoms with Gasteiger partial charge in [0, 0.05) is 5.39 Å². The zero-order chi connectivity index (χ0) is 13.2. The molecule has 2 aromatic carbocycles. The standard InChI is InChI=1S/C15H9Cl2NO/c16-12-7-5-10(9-13(12)17)6-8-15-11-3-1-2-4-14(11)18-19-15/h1-9H/b8-6+. The lowest BCUT2D eigenvalue weighted by Crippen LogP contribution is -1.74. The first-order valence-electron chi connectivity index (χ1n) is 5.71. The number of rotatable bonds is 2. The third kappa shape index (κ3) is 2.50. The molecule has 4 heteroatoms. The highest BCUT2D eigenvalue weighted by Crippen LogP contribution is 2.24. The minimum absolute atomic E-state index is 0.534. The predicted octanol–water partition coefficient (Wildman–Crippen LogP) is 5.31. The molecule has 3 rings (SSSR count). The lowest BCUT2D eigenvalue weighted by Gasteiger charge is -1.96. The van der Waals surface area contributed by atoms with E-state index in [0.29, 0.717) is 10.0 Å². The first-order valence-corrected chi connectivity index (χ1v) is 6.47. The summed E-state index contributed by atoms with van der Waals surface area (Å²) in [4.78, 5) is 0. The second-order valence-corrected chi connectivity index (χ2v) is 4.89. The number of fused-ring (bicyclic) bond motifs is 1. The molecule has 0 aliphatic rings. The fraction of sp³-hybridized carbons (Fsp3) is 0. The van der Waals surface area contributed by atoms with Gasteiger partial charge in [0.15, 0.2) is 5.76 Å². The highest BCUT2D eigenvalue weighted by atomic mass is 35.5. The number of hydrogen-bond acceptors (Lipinski definition) is 2. The van der Waals surface area contributed by atoms with Crippen molar-refractivity contribution in [2.24, 2.45) is 0 Å². The van der Waals surface area contributed by atoms with Crippen molar-refractivity contribution in [2.75, 3.05) is 0 Å². The average molecular weight is 290 g/mol. The first kappa shape index (κ1) is 12.3. The van der Waals surface area contributed by atoms with E-state index in [0.717, 1.165) is 22.2 Å². The molecule has 0 N–H and O–H groups in total. The van der Waals surface area contributed by atoms with Crippen LogP contribution in [0.25, 0.3) is 23.1 Å². The molecule has 0 spiro atoms. The van der Waals surface area contributed by atoms with E-state index in [1.165, 1.54) is 0 Å². The normalized spacial score (nSPS) is 11.5. The summed E-state index contributed by atoms with van der Waals surface area (Å²) in [5, 5.41) is 6.05. The SMILES string of the molecule is Clc1ccc(/C=C/c2onc3ccccc23)cc1Cl. The molecule has 0 aliphatic carbocycles. The molecule has 0 atom stereocenters. The summed E-state index contributed by atoms with van der Waals surface area (Å²) >= 11 is 11.8. The summed E-state index contributed by atoms with van der Waals surface area (Å²) in [6.07, 6.45) is 3.78. The van der Waals surface area contributed by atoms with E-state index >= 15 is 0 Å². The summed E-state index contributed by atoms with van der Waals surface area (Å²) in [6.45, 7) is 0. The Kier molecular flexibility index (Phi) is 3.28. The highest BCUT2D eigenvalue weighted by Gasteiger charge is 2.03. The van der Waals surface area contributed by atoms with E-state index in [-0.39, 0.29) is 0 Å². The van der Waals surface area contributed by atoms with Crippen molar-refractivity contribution in [3.05, 3.63) is 63.8 Å². The smallest absolute Gasteiger partial charge is 0.167 e. The van der Waals surface area contributed by atoms with E-state index in [1.807, 2.05) is 42.5 Å². The molecule has 3 aromatic rings. The Labute approximate surface area is 120 Å². The maximum Gasteiger partial charge on any atom is 0.167 e. The van der Waals surface area contributed by atoms with Crippen LogP contribution in [-0.4, -0.2) is 5.16 Å². The molecule has 94 valence electrons. The van der Waals surface area contributed by atoms with Gasteiger partial charge in [0.05, 0.1) is 10.0 Å². The van der Waals surface area contributed by atoms with Crippen LogP contribution in [-0.2, 0) is 0 Å². The van der Waals surface area contributed by atoms with Crippen molar-refractivity contribution in [1.82, 2.24) is 5.16 Å². The second kappa shape index (κ2) is 5.08. The van der Waals surface area contributed by atoms with Gasteiger partial charge in [0.2, 0.25) is 0 Å². The van der Waals surface area contributed by atoms with Crippen molar-refractivity contribution in [2.45, 2.75) is 0 Å². The fourth-order valence-corrected chi connectivity index (χ4v) is 2.12. The van der Waals surface area contributed by atoms with Crippen molar-refractivity contribution in [3.8, 4) is 0 Å². The minimum atomic E-state index is 0.534. The van der Waals surface area contributed by atoms with Gasteiger partial charge in [-0.3, -0.25) is 0 Å². The van der Waals surface area contributed by atoms with Crippen LogP contribution in [0.15, 0.2) is 47.0 Å². The second-order valence-electron chi connectivity index (χ2n) is 4.07. The van der Waals surface area contributed by atoms with Gasteiger partial charge in [-0.05, 0) is 35.9 Å². The molecule has 19 heavy (non-hydrogen) atoms. The Balaban J connectivity index is 1.96. The van der Waals surface area contributed by atoms with Crippen LogP contribution in [0.3, 0.4) is 0 Å². The monoisotopic (exact) mass is 289 g/mol. The summed E-state index contributed by atoms with van der Waals surface area (Å²) in [5.41, 5.74) is 1.80. The van der Waals surface area contributed by atoms with Gasteiger partial charge >= 0.3 is 0 Å². The number of aromatic nitrogens is 1. The third-order valence-electron chi connectivity index (χ3n) is 2.78. The molecular weight excluding hydrogens is 281 g/mol. The van der Waals surface area contributed by atoms with E-state index in [2.05, 4.69) is 5.16 Å². The number of nitrogens with zero attached hydrogens (tertiary/aromatic N) is 1. The predicted molar refractivity (Wildman–Crippen MR) is 79.4 cm³/mol. The molecule has 0 unspecified atom stereocenters. The van der Waals surface area contributed by atoms with Crippen molar-refractivity contribution >= 4 is 46.3 Å². The van der Waals surface area contributed by atoms with E-state index in [1.54, 1.807) is 12.1 Å². The first-order chi connectivity index (χ1) is 9.24. The van der Waals surface area contributed by atoms with Crippen molar-refractivity contribution in [1.29, 1.82) is 0 Å². The van der Waals surface area contributed by atoms with Crippen LogP contribution in [0.2, 0.25) is 10.0 Å². The van der Waals surface area contributed by atoms with E-state index < -0.39 is 0 Å². The molecule has 2 nitrogen and oxygen atoms in total. The molecule has 1 aromatic heterocycles. The van der Waals surface area contributed by atoms with Crippen molar-refractivity contribution in [3.63, 3.8) is 0 Å². The molecule has 0 amide bonds. The number of halogens is 2. The minimum Gasteiger partial charge on any atom is -0.356 e. The van der Waals surface area contributed by atoms with Crippen LogP contribution in [0.5, 0.6) is 0 Å². The largest absolute Gasteiger partial charge is 0.356 e. The maximum absolute atomic E-state index is 5.97. The van der Waals surface area contributed by atoms with Crippen LogP contribution < -0.4 is 0 Å². The molecule has 0 radical (unpaired) electrons. The molecular formula is C15H9Cl2NO. The Morgan fingerprint density at radius 1 is 0.947 bits per heavy atom. The summed E-state index contributed by atoms with van der Waals surface area (Å²) in [7, 11) is 0. The zero-order valence-electron chi connectivity index (χ0n) is 9.81. The van der Waals surface area contributed by atoms with Crippen LogP contribution in [0.1, 0.15) is 11.3 Å². The molecule has 0 bridgehead atoms. The van der Waals surface area contributed by atoms with Gasteiger partial charge in [-0.2, -0.15) is 0 Å². The maximum atomic E-state index is 5.97. The topological polar surface area (TPSA) is 26.0 Å². The molecule has 0 saturated carbocycles. The van der Waals surface area contributed by atoms with E-state index in [4.69, 9.17) is 27.7 Å². The molecule has 0 aliphatic heterocycles. The average Bonchev–Trinajstić information content (AvgIpc) is 2.83. The summed E-state index contributed by atoms with van der Waals surface area (Å²) in [6, 6.07) is 13.2. The van der Waals surface area contributed by atoms with Gasteiger partial charge in [-0.1, -0.05) is 52.6 Å². The van der Waals surface area contributed by atoms with Gasteiger partial charge in [0.25, 0.3) is 0 Å². The molecule has 0 saturated heterocycles. The van der Waals surface area contributed by atoms with Crippen LogP contribution in [0, 0.1) is 0 Å². The van der Waals surface area contributed by atoms with Gasteiger partial charge < -0.3 is 4.52 Å². The van der Waals surface area contributed by atoms with Gasteiger partial charge in [-0.25, -0.2) is 0 Å². The third-order valence-corrected chi connectivity index (χ3v) is 3.52. The molecule has 1 heterocycles. The molecule has 0 fully saturated rings. The van der Waals surface area contributed by atoms with Crippen LogP contribution >= 0.6 is 23.2 Å². The van der Waals surface area contributed by atoms with Crippen molar-refractivity contribution < 1.29 is 4.52 Å². The summed E-state index contributed by atoms with van der Waals surface area (Å²) < 4.78 is 5.29. The Morgan fingerprint density at radius 2 is 1.79 bits per heavy atom. The van der Waals surface area contributed by atoms with E-state index in [9.17, 15) is 0 Å². The van der Waals surface area contributed by atoms with Gasteiger partial charge in [0.1, 0.15) is 5.52 Å². The Morgan fingerprint density at radius 3 is 2.63 bits per heavy atom. The Bertz CT molecular complexity index is 762. The van der Waals surface area contributed by atoms with Gasteiger partial charge in [-0.15, -0.1) is 0 Å².